The Bertz CT molecular complexity index is 1230. The number of aryl methyl sites for hydroxylation is 1. The molecular formula is C23H20N4O4. The molecule has 0 radical (unpaired) electrons. The third-order valence-electron chi connectivity index (χ3n) is 4.95. The molecule has 8 heteroatoms. The van der Waals surface area contributed by atoms with E-state index in [1.54, 1.807) is 30.3 Å². The molecule has 4 amide bonds. The lowest BCUT2D eigenvalue weighted by molar-refractivity contribution is -0.125. The van der Waals surface area contributed by atoms with Crippen molar-refractivity contribution in [3.8, 4) is 11.3 Å². The number of hydrogen-bond donors (Lipinski definition) is 3. The van der Waals surface area contributed by atoms with Gasteiger partial charge >= 0.3 is 6.03 Å². The molecule has 156 valence electrons. The summed E-state index contributed by atoms with van der Waals surface area (Å²) < 4.78 is 0. The first-order valence-electron chi connectivity index (χ1n) is 9.69. The van der Waals surface area contributed by atoms with Crippen LogP contribution in [-0.4, -0.2) is 34.3 Å². The Morgan fingerprint density at radius 3 is 2.55 bits per heavy atom. The number of pyridine rings is 1. The van der Waals surface area contributed by atoms with Gasteiger partial charge in [-0.25, -0.2) is 4.79 Å². The van der Waals surface area contributed by atoms with Gasteiger partial charge in [0.15, 0.2) is 0 Å². The first-order valence-corrected chi connectivity index (χ1v) is 9.69. The second kappa shape index (κ2) is 8.27. The third-order valence-corrected chi connectivity index (χ3v) is 4.95. The fourth-order valence-electron chi connectivity index (χ4n) is 3.38. The minimum Gasteiger partial charge on any atom is -0.329 e. The number of carbonyl (C=O) groups excluding carboxylic acids is 3. The number of benzene rings is 2. The summed E-state index contributed by atoms with van der Waals surface area (Å²) in [4.78, 5) is 52.5. The Labute approximate surface area is 177 Å². The van der Waals surface area contributed by atoms with E-state index in [2.05, 4.69) is 15.6 Å². The summed E-state index contributed by atoms with van der Waals surface area (Å²) in [6.45, 7) is 2.04. The first kappa shape index (κ1) is 20.1. The van der Waals surface area contributed by atoms with E-state index < -0.39 is 17.5 Å². The molecule has 1 aromatic heterocycles. The molecule has 31 heavy (non-hydrogen) atoms. The SMILES string of the molecule is Cc1cccc(-c2ccc(C(=O)Nc3cccc(CN4C(=O)CNC4=O)c3)c(=O)[nH]2)c1. The molecule has 3 aromatic rings. The van der Waals surface area contributed by atoms with Crippen LogP contribution < -0.4 is 16.2 Å². The number of anilines is 1. The summed E-state index contributed by atoms with van der Waals surface area (Å²) in [5.41, 5.74) is 3.16. The predicted octanol–water partition coefficient (Wildman–Crippen LogP) is 2.65. The second-order valence-electron chi connectivity index (χ2n) is 7.28. The molecule has 4 rings (SSSR count). The summed E-state index contributed by atoms with van der Waals surface area (Å²) in [6, 6.07) is 17.2. The lowest BCUT2D eigenvalue weighted by Gasteiger charge is -2.13. The van der Waals surface area contributed by atoms with Crippen LogP contribution in [0.25, 0.3) is 11.3 Å². The standard InChI is InChI=1S/C23H20N4O4/c1-14-4-2-6-16(10-14)19-9-8-18(22(30)26-19)21(29)25-17-7-3-5-15(11-17)13-27-20(28)12-24-23(27)31/h2-11H,12-13H2,1H3,(H,24,31)(H,25,29)(H,26,30). The summed E-state index contributed by atoms with van der Waals surface area (Å²) >= 11 is 0. The van der Waals surface area contributed by atoms with Crippen LogP contribution in [-0.2, 0) is 11.3 Å². The maximum absolute atomic E-state index is 12.6. The Kier molecular flexibility index (Phi) is 5.36. The fourth-order valence-corrected chi connectivity index (χ4v) is 3.38. The minimum absolute atomic E-state index is 0.0173. The van der Waals surface area contributed by atoms with E-state index in [9.17, 15) is 19.2 Å². The highest BCUT2D eigenvalue weighted by molar-refractivity contribution is 6.04. The van der Waals surface area contributed by atoms with Crippen LogP contribution >= 0.6 is 0 Å². The van der Waals surface area contributed by atoms with Crippen molar-refractivity contribution in [1.29, 1.82) is 0 Å². The average Bonchev–Trinajstić information content (AvgIpc) is 3.06. The molecule has 1 aliphatic rings. The van der Waals surface area contributed by atoms with E-state index in [0.717, 1.165) is 16.0 Å². The van der Waals surface area contributed by atoms with Crippen molar-refractivity contribution < 1.29 is 14.4 Å². The van der Waals surface area contributed by atoms with Gasteiger partial charge in [-0.1, -0.05) is 35.9 Å². The van der Waals surface area contributed by atoms with E-state index in [1.807, 2.05) is 31.2 Å². The van der Waals surface area contributed by atoms with Gasteiger partial charge in [0.25, 0.3) is 11.5 Å². The van der Waals surface area contributed by atoms with Gasteiger partial charge in [0, 0.05) is 11.4 Å². The van der Waals surface area contributed by atoms with Gasteiger partial charge in [0.2, 0.25) is 5.91 Å². The molecule has 0 atom stereocenters. The number of nitrogens with one attached hydrogen (secondary N) is 3. The topological polar surface area (TPSA) is 111 Å². The molecule has 1 fully saturated rings. The molecule has 3 N–H and O–H groups in total. The number of aromatic amines is 1. The highest BCUT2D eigenvalue weighted by atomic mass is 16.2. The summed E-state index contributed by atoms with van der Waals surface area (Å²) in [7, 11) is 0. The van der Waals surface area contributed by atoms with Crippen LogP contribution in [0.15, 0.2) is 65.5 Å². The highest BCUT2D eigenvalue weighted by Crippen LogP contribution is 2.18. The Morgan fingerprint density at radius 1 is 1.03 bits per heavy atom. The first-order chi connectivity index (χ1) is 14.9. The van der Waals surface area contributed by atoms with E-state index >= 15 is 0 Å². The number of urea groups is 1. The minimum atomic E-state index is -0.552. The van der Waals surface area contributed by atoms with Crippen LogP contribution in [0, 0.1) is 6.92 Å². The number of H-pyrrole nitrogens is 1. The van der Waals surface area contributed by atoms with Gasteiger partial charge in [-0.2, -0.15) is 0 Å². The smallest absolute Gasteiger partial charge is 0.324 e. The zero-order valence-electron chi connectivity index (χ0n) is 16.8. The van der Waals surface area contributed by atoms with Crippen molar-refractivity contribution in [3.05, 3.63) is 87.7 Å². The van der Waals surface area contributed by atoms with Gasteiger partial charge in [-0.3, -0.25) is 19.3 Å². The molecule has 8 nitrogen and oxygen atoms in total. The third kappa shape index (κ3) is 4.37. The van der Waals surface area contributed by atoms with Gasteiger partial charge < -0.3 is 15.6 Å². The Hall–Kier alpha value is -4.20. The van der Waals surface area contributed by atoms with Crippen LogP contribution in [0.2, 0.25) is 0 Å². The number of hydrogen-bond acceptors (Lipinski definition) is 4. The van der Waals surface area contributed by atoms with E-state index in [0.29, 0.717) is 16.9 Å². The maximum Gasteiger partial charge on any atom is 0.324 e. The van der Waals surface area contributed by atoms with Gasteiger partial charge in [0.05, 0.1) is 13.1 Å². The van der Waals surface area contributed by atoms with Crippen molar-refractivity contribution in [2.24, 2.45) is 0 Å². The van der Waals surface area contributed by atoms with E-state index in [1.165, 1.54) is 6.07 Å². The van der Waals surface area contributed by atoms with Crippen LogP contribution in [0.1, 0.15) is 21.5 Å². The molecule has 0 unspecified atom stereocenters. The second-order valence-corrected chi connectivity index (χ2v) is 7.28. The maximum atomic E-state index is 12.6. The van der Waals surface area contributed by atoms with Crippen LogP contribution in [0.4, 0.5) is 10.5 Å². The van der Waals surface area contributed by atoms with E-state index in [4.69, 9.17) is 0 Å². The number of rotatable bonds is 5. The number of amides is 4. The molecule has 2 aromatic carbocycles. The van der Waals surface area contributed by atoms with Crippen LogP contribution in [0.3, 0.4) is 0 Å². The number of carbonyl (C=O) groups is 3. The van der Waals surface area contributed by atoms with Gasteiger partial charge in [-0.15, -0.1) is 0 Å². The Balaban J connectivity index is 1.50. The molecule has 1 aliphatic heterocycles. The lowest BCUT2D eigenvalue weighted by Crippen LogP contribution is -2.30. The summed E-state index contributed by atoms with van der Waals surface area (Å²) in [5, 5.41) is 5.16. The van der Waals surface area contributed by atoms with Crippen molar-refractivity contribution in [1.82, 2.24) is 15.2 Å². The average molecular weight is 416 g/mol. The number of imide groups is 1. The Morgan fingerprint density at radius 2 is 1.84 bits per heavy atom. The fraction of sp³-hybridized carbons (Fsp3) is 0.130. The van der Waals surface area contributed by atoms with Crippen molar-refractivity contribution >= 4 is 23.5 Å². The van der Waals surface area contributed by atoms with Crippen LogP contribution in [0.5, 0.6) is 0 Å². The molecule has 0 aliphatic carbocycles. The molecule has 1 saturated heterocycles. The zero-order valence-corrected chi connectivity index (χ0v) is 16.8. The largest absolute Gasteiger partial charge is 0.329 e. The van der Waals surface area contributed by atoms with Crippen molar-refractivity contribution in [2.45, 2.75) is 13.5 Å². The van der Waals surface area contributed by atoms with Gasteiger partial charge in [0.1, 0.15) is 5.56 Å². The highest BCUT2D eigenvalue weighted by Gasteiger charge is 2.28. The number of aromatic nitrogens is 1. The van der Waals surface area contributed by atoms with Crippen molar-refractivity contribution in [2.75, 3.05) is 11.9 Å². The van der Waals surface area contributed by atoms with Crippen molar-refractivity contribution in [3.63, 3.8) is 0 Å². The molecule has 0 bridgehead atoms. The predicted molar refractivity (Wildman–Crippen MR) is 116 cm³/mol. The molecule has 2 heterocycles. The number of nitrogens with zero attached hydrogens (tertiary/aromatic N) is 1. The van der Waals surface area contributed by atoms with E-state index in [-0.39, 0.29) is 24.6 Å². The van der Waals surface area contributed by atoms with Gasteiger partial charge in [-0.05, 0) is 48.4 Å². The lowest BCUT2D eigenvalue weighted by atomic mass is 10.1. The molecule has 0 spiro atoms. The quantitative estimate of drug-likeness (QED) is 0.555. The molecular weight excluding hydrogens is 396 g/mol. The summed E-state index contributed by atoms with van der Waals surface area (Å²) in [6.07, 6.45) is 0. The molecule has 0 saturated carbocycles. The zero-order chi connectivity index (χ0) is 22.0. The summed E-state index contributed by atoms with van der Waals surface area (Å²) in [5.74, 6) is -0.858. The normalized spacial score (nSPS) is 13.3. The monoisotopic (exact) mass is 416 g/mol.